The van der Waals surface area contributed by atoms with Gasteiger partial charge in [0.1, 0.15) is 5.76 Å². The summed E-state index contributed by atoms with van der Waals surface area (Å²) in [5.41, 5.74) is 2.24. The van der Waals surface area contributed by atoms with Gasteiger partial charge in [-0.1, -0.05) is 66.7 Å². The molecule has 1 amide bonds. The Balaban J connectivity index is 1.82. The van der Waals surface area contributed by atoms with E-state index in [1.165, 1.54) is 12.0 Å². The molecular formula is C27H25NO5. The molecule has 6 nitrogen and oxygen atoms in total. The van der Waals surface area contributed by atoms with Crippen LogP contribution < -0.4 is 9.47 Å². The van der Waals surface area contributed by atoms with E-state index in [1.54, 1.807) is 49.6 Å². The molecule has 1 saturated heterocycles. The van der Waals surface area contributed by atoms with Crippen molar-refractivity contribution >= 4 is 17.4 Å². The first-order valence-corrected chi connectivity index (χ1v) is 10.6. The SMILES string of the molecule is COc1ccc([C@@H]2/C(=C(\O)c3ccccc3)C(=O)C(=O)N2CCc2ccccc2)cc1OC. The number of aliphatic hydroxyl groups is 1. The van der Waals surface area contributed by atoms with Gasteiger partial charge in [-0.2, -0.15) is 0 Å². The summed E-state index contributed by atoms with van der Waals surface area (Å²) in [6, 6.07) is 23.0. The Morgan fingerprint density at radius 2 is 1.52 bits per heavy atom. The van der Waals surface area contributed by atoms with E-state index >= 15 is 0 Å². The zero-order valence-corrected chi connectivity index (χ0v) is 18.5. The summed E-state index contributed by atoms with van der Waals surface area (Å²) >= 11 is 0. The Morgan fingerprint density at radius 1 is 0.879 bits per heavy atom. The van der Waals surface area contributed by atoms with E-state index in [9.17, 15) is 14.7 Å². The van der Waals surface area contributed by atoms with E-state index in [-0.39, 0.29) is 11.3 Å². The molecule has 1 N–H and O–H groups in total. The third kappa shape index (κ3) is 4.32. The molecule has 1 atom stereocenters. The predicted molar refractivity (Wildman–Crippen MR) is 125 cm³/mol. The highest BCUT2D eigenvalue weighted by Crippen LogP contribution is 2.41. The van der Waals surface area contributed by atoms with Crippen LogP contribution in [0.25, 0.3) is 5.76 Å². The monoisotopic (exact) mass is 443 g/mol. The number of Topliss-reactive ketones (excluding diaryl/α,β-unsaturated/α-hetero) is 1. The summed E-state index contributed by atoms with van der Waals surface area (Å²) in [5, 5.41) is 11.1. The Kier molecular flexibility index (Phi) is 6.45. The summed E-state index contributed by atoms with van der Waals surface area (Å²) in [4.78, 5) is 27.8. The predicted octanol–water partition coefficient (Wildman–Crippen LogP) is 4.37. The molecule has 3 aromatic carbocycles. The average Bonchev–Trinajstić information content (AvgIpc) is 3.12. The van der Waals surface area contributed by atoms with E-state index in [0.717, 1.165) is 5.56 Å². The summed E-state index contributed by atoms with van der Waals surface area (Å²) in [6.45, 7) is 0.319. The first-order valence-electron chi connectivity index (χ1n) is 10.6. The number of nitrogens with zero attached hydrogens (tertiary/aromatic N) is 1. The third-order valence-electron chi connectivity index (χ3n) is 5.79. The van der Waals surface area contributed by atoms with Crippen LogP contribution in [-0.4, -0.2) is 42.5 Å². The zero-order chi connectivity index (χ0) is 23.4. The van der Waals surface area contributed by atoms with Gasteiger partial charge in [0.15, 0.2) is 11.5 Å². The van der Waals surface area contributed by atoms with Crippen molar-refractivity contribution in [3.05, 3.63) is 101 Å². The van der Waals surface area contributed by atoms with Crippen molar-refractivity contribution < 1.29 is 24.2 Å². The van der Waals surface area contributed by atoms with Crippen LogP contribution in [-0.2, 0) is 16.0 Å². The van der Waals surface area contributed by atoms with E-state index in [1.807, 2.05) is 36.4 Å². The van der Waals surface area contributed by atoms with Gasteiger partial charge in [0, 0.05) is 12.1 Å². The maximum absolute atomic E-state index is 13.1. The topological polar surface area (TPSA) is 76.1 Å². The Morgan fingerprint density at radius 3 is 2.15 bits per heavy atom. The molecule has 0 aliphatic carbocycles. The van der Waals surface area contributed by atoms with Crippen LogP contribution in [0.4, 0.5) is 0 Å². The van der Waals surface area contributed by atoms with Crippen molar-refractivity contribution in [1.29, 1.82) is 0 Å². The zero-order valence-electron chi connectivity index (χ0n) is 18.5. The fourth-order valence-corrected chi connectivity index (χ4v) is 4.13. The van der Waals surface area contributed by atoms with Gasteiger partial charge in [-0.3, -0.25) is 9.59 Å². The number of methoxy groups -OCH3 is 2. The number of benzene rings is 3. The van der Waals surface area contributed by atoms with E-state index in [4.69, 9.17) is 9.47 Å². The highest BCUT2D eigenvalue weighted by atomic mass is 16.5. The number of ketones is 1. The number of carbonyl (C=O) groups is 2. The average molecular weight is 443 g/mol. The van der Waals surface area contributed by atoms with E-state index in [0.29, 0.717) is 35.6 Å². The molecule has 0 unspecified atom stereocenters. The molecule has 0 saturated carbocycles. The Bertz CT molecular complexity index is 1190. The summed E-state index contributed by atoms with van der Waals surface area (Å²) < 4.78 is 10.8. The van der Waals surface area contributed by atoms with Gasteiger partial charge in [0.05, 0.1) is 25.8 Å². The highest BCUT2D eigenvalue weighted by Gasteiger charge is 2.46. The largest absolute Gasteiger partial charge is 0.507 e. The quantitative estimate of drug-likeness (QED) is 0.333. The van der Waals surface area contributed by atoms with Crippen molar-refractivity contribution in [3.8, 4) is 11.5 Å². The second-order valence-electron chi connectivity index (χ2n) is 7.71. The smallest absolute Gasteiger partial charge is 0.295 e. The molecule has 6 heteroatoms. The molecule has 1 fully saturated rings. The van der Waals surface area contributed by atoms with Crippen molar-refractivity contribution in [2.75, 3.05) is 20.8 Å². The lowest BCUT2D eigenvalue weighted by Crippen LogP contribution is -2.31. The second kappa shape index (κ2) is 9.61. The maximum atomic E-state index is 13.1. The molecule has 0 aromatic heterocycles. The van der Waals surface area contributed by atoms with Crippen LogP contribution in [0.3, 0.4) is 0 Å². The third-order valence-corrected chi connectivity index (χ3v) is 5.79. The van der Waals surface area contributed by atoms with Crippen molar-refractivity contribution in [1.82, 2.24) is 4.90 Å². The van der Waals surface area contributed by atoms with Gasteiger partial charge in [0.25, 0.3) is 11.7 Å². The summed E-state index contributed by atoms with van der Waals surface area (Å²) in [6.07, 6.45) is 0.572. The van der Waals surface area contributed by atoms with Gasteiger partial charge >= 0.3 is 0 Å². The molecule has 1 aliphatic heterocycles. The molecule has 4 rings (SSSR count). The minimum atomic E-state index is -0.756. The number of hydrogen-bond acceptors (Lipinski definition) is 5. The molecule has 0 radical (unpaired) electrons. The van der Waals surface area contributed by atoms with Gasteiger partial charge in [-0.05, 0) is 29.7 Å². The number of likely N-dealkylation sites (tertiary alicyclic amines) is 1. The second-order valence-corrected chi connectivity index (χ2v) is 7.71. The van der Waals surface area contributed by atoms with Crippen LogP contribution in [0.1, 0.15) is 22.7 Å². The lowest BCUT2D eigenvalue weighted by Gasteiger charge is -2.26. The Labute approximate surface area is 192 Å². The van der Waals surface area contributed by atoms with Gasteiger partial charge in [-0.25, -0.2) is 0 Å². The molecule has 0 bridgehead atoms. The van der Waals surface area contributed by atoms with Crippen LogP contribution >= 0.6 is 0 Å². The van der Waals surface area contributed by atoms with E-state index in [2.05, 4.69) is 0 Å². The van der Waals surface area contributed by atoms with Gasteiger partial charge in [0.2, 0.25) is 0 Å². The van der Waals surface area contributed by atoms with Crippen LogP contribution in [0.15, 0.2) is 84.4 Å². The number of ether oxygens (including phenoxy) is 2. The minimum Gasteiger partial charge on any atom is -0.507 e. The lowest BCUT2D eigenvalue weighted by molar-refractivity contribution is -0.139. The number of hydrogen-bond donors (Lipinski definition) is 1. The maximum Gasteiger partial charge on any atom is 0.295 e. The Hall–Kier alpha value is -4.06. The fraction of sp³-hybridized carbons (Fsp3) is 0.185. The highest BCUT2D eigenvalue weighted by molar-refractivity contribution is 6.46. The van der Waals surface area contributed by atoms with Crippen molar-refractivity contribution in [3.63, 3.8) is 0 Å². The number of rotatable bonds is 7. The molecular weight excluding hydrogens is 418 g/mol. The number of carbonyl (C=O) groups excluding carboxylic acids is 2. The lowest BCUT2D eigenvalue weighted by atomic mass is 9.95. The molecule has 168 valence electrons. The minimum absolute atomic E-state index is 0.0616. The molecule has 1 aliphatic rings. The van der Waals surface area contributed by atoms with Crippen LogP contribution in [0, 0.1) is 0 Å². The molecule has 3 aromatic rings. The van der Waals surface area contributed by atoms with E-state index < -0.39 is 17.7 Å². The van der Waals surface area contributed by atoms with Crippen molar-refractivity contribution in [2.45, 2.75) is 12.5 Å². The number of amides is 1. The first kappa shape index (κ1) is 22.1. The first-order chi connectivity index (χ1) is 16.0. The van der Waals surface area contributed by atoms with Gasteiger partial charge < -0.3 is 19.5 Å². The molecule has 1 heterocycles. The normalized spacial score (nSPS) is 17.3. The number of aliphatic hydroxyl groups excluding tert-OH is 1. The van der Waals surface area contributed by atoms with Crippen molar-refractivity contribution in [2.24, 2.45) is 0 Å². The summed E-state index contributed by atoms with van der Waals surface area (Å²) in [5.74, 6) is -0.530. The fourth-order valence-electron chi connectivity index (χ4n) is 4.13. The van der Waals surface area contributed by atoms with Gasteiger partial charge in [-0.15, -0.1) is 0 Å². The summed E-state index contributed by atoms with van der Waals surface area (Å²) in [7, 11) is 3.07. The molecule has 33 heavy (non-hydrogen) atoms. The molecule has 0 spiro atoms. The van der Waals surface area contributed by atoms with Crippen LogP contribution in [0.5, 0.6) is 11.5 Å². The standard InChI is InChI=1S/C27H25NO5/c1-32-21-14-13-20(17-22(21)33-2)24-23(25(29)19-11-7-4-8-12-19)26(30)27(31)28(24)16-15-18-9-5-3-6-10-18/h3-14,17,24,29H,15-16H2,1-2H3/b25-23+/t24-/m1/s1. The van der Waals surface area contributed by atoms with Crippen LogP contribution in [0.2, 0.25) is 0 Å².